The minimum absolute atomic E-state index is 0.0465. The molecule has 1 atom stereocenters. The average Bonchev–Trinajstić information content (AvgIpc) is 3.18. The largest absolute Gasteiger partial charge is 0.356 e. The van der Waals surface area contributed by atoms with Gasteiger partial charge in [0.2, 0.25) is 5.91 Å². The number of rotatable bonds is 6. The van der Waals surface area contributed by atoms with Crippen LogP contribution in [-0.2, 0) is 4.79 Å². The highest BCUT2D eigenvalue weighted by molar-refractivity contribution is 6.30. The van der Waals surface area contributed by atoms with E-state index in [2.05, 4.69) is 22.4 Å². The van der Waals surface area contributed by atoms with E-state index in [0.717, 1.165) is 31.2 Å². The Labute approximate surface area is 164 Å². The Balaban J connectivity index is 1.64. The van der Waals surface area contributed by atoms with Crippen molar-refractivity contribution in [3.8, 4) is 11.3 Å². The molecule has 2 N–H and O–H groups in total. The second kappa shape index (κ2) is 9.04. The SMILES string of the molecule is CCCCNC(=O)C1CCCN(C(=O)c2cc(-c3cccc(Cl)c3)n[nH]2)C1. The number of halogens is 1. The molecule has 2 amide bonds. The lowest BCUT2D eigenvalue weighted by atomic mass is 9.96. The maximum Gasteiger partial charge on any atom is 0.271 e. The number of carbonyl (C=O) groups excluding carboxylic acids is 2. The highest BCUT2D eigenvalue weighted by atomic mass is 35.5. The average molecular weight is 389 g/mol. The van der Waals surface area contributed by atoms with Crippen LogP contribution in [0.15, 0.2) is 30.3 Å². The number of carbonyl (C=O) groups is 2. The van der Waals surface area contributed by atoms with Crippen molar-refractivity contribution in [2.75, 3.05) is 19.6 Å². The number of amides is 2. The van der Waals surface area contributed by atoms with Crippen LogP contribution < -0.4 is 5.32 Å². The van der Waals surface area contributed by atoms with Gasteiger partial charge in [-0.25, -0.2) is 0 Å². The molecule has 0 spiro atoms. The summed E-state index contributed by atoms with van der Waals surface area (Å²) in [5.74, 6) is -0.220. The molecule has 1 aliphatic rings. The molecule has 1 fully saturated rings. The van der Waals surface area contributed by atoms with Gasteiger partial charge in [0.25, 0.3) is 5.91 Å². The van der Waals surface area contributed by atoms with Crippen molar-refractivity contribution < 1.29 is 9.59 Å². The fourth-order valence-corrected chi connectivity index (χ4v) is 3.50. The molecule has 0 aliphatic carbocycles. The Morgan fingerprint density at radius 3 is 3.00 bits per heavy atom. The van der Waals surface area contributed by atoms with Gasteiger partial charge in [-0.05, 0) is 37.5 Å². The first-order valence-corrected chi connectivity index (χ1v) is 9.84. The van der Waals surface area contributed by atoms with E-state index in [1.54, 1.807) is 17.0 Å². The number of nitrogens with zero attached hydrogens (tertiary/aromatic N) is 2. The van der Waals surface area contributed by atoms with Crippen LogP contribution in [0.1, 0.15) is 43.1 Å². The molecule has 1 saturated heterocycles. The quantitative estimate of drug-likeness (QED) is 0.743. The molecular weight excluding hydrogens is 364 g/mol. The van der Waals surface area contributed by atoms with Crippen LogP contribution in [-0.4, -0.2) is 46.5 Å². The van der Waals surface area contributed by atoms with Gasteiger partial charge in [0, 0.05) is 30.2 Å². The lowest BCUT2D eigenvalue weighted by molar-refractivity contribution is -0.126. The number of aromatic nitrogens is 2. The molecular formula is C20H25ClN4O2. The standard InChI is InChI=1S/C20H25ClN4O2/c1-2-3-9-22-19(26)15-7-5-10-25(13-15)20(27)18-12-17(23-24-18)14-6-4-8-16(21)11-14/h4,6,8,11-12,15H,2-3,5,7,9-10,13H2,1H3,(H,22,26)(H,23,24). The van der Waals surface area contributed by atoms with Crippen molar-refractivity contribution in [1.29, 1.82) is 0 Å². The Morgan fingerprint density at radius 1 is 1.37 bits per heavy atom. The maximum absolute atomic E-state index is 12.8. The Morgan fingerprint density at radius 2 is 2.22 bits per heavy atom. The van der Waals surface area contributed by atoms with E-state index in [0.29, 0.717) is 36.0 Å². The second-order valence-electron chi connectivity index (χ2n) is 6.91. The van der Waals surface area contributed by atoms with Gasteiger partial charge < -0.3 is 10.2 Å². The van der Waals surface area contributed by atoms with Gasteiger partial charge in [-0.1, -0.05) is 37.1 Å². The number of hydrogen-bond donors (Lipinski definition) is 2. The molecule has 2 aromatic rings. The van der Waals surface area contributed by atoms with Crippen LogP contribution in [0.5, 0.6) is 0 Å². The molecule has 3 rings (SSSR count). The number of piperidine rings is 1. The first kappa shape index (κ1) is 19.4. The summed E-state index contributed by atoms with van der Waals surface area (Å²) in [5, 5.41) is 10.7. The zero-order valence-corrected chi connectivity index (χ0v) is 16.3. The smallest absolute Gasteiger partial charge is 0.271 e. The molecule has 27 heavy (non-hydrogen) atoms. The number of aromatic amines is 1. The first-order chi connectivity index (χ1) is 13.1. The zero-order chi connectivity index (χ0) is 19.2. The minimum Gasteiger partial charge on any atom is -0.356 e. The number of nitrogens with one attached hydrogen (secondary N) is 2. The summed E-state index contributed by atoms with van der Waals surface area (Å²) in [5.41, 5.74) is 1.95. The minimum atomic E-state index is -0.144. The third kappa shape index (κ3) is 4.89. The molecule has 144 valence electrons. The third-order valence-electron chi connectivity index (χ3n) is 4.84. The number of likely N-dealkylation sites (tertiary alicyclic amines) is 1. The highest BCUT2D eigenvalue weighted by Crippen LogP contribution is 2.23. The van der Waals surface area contributed by atoms with Gasteiger partial charge in [-0.3, -0.25) is 14.7 Å². The van der Waals surface area contributed by atoms with Crippen molar-refractivity contribution in [2.24, 2.45) is 5.92 Å². The van der Waals surface area contributed by atoms with Crippen LogP contribution >= 0.6 is 11.6 Å². The van der Waals surface area contributed by atoms with Gasteiger partial charge in [-0.2, -0.15) is 5.10 Å². The third-order valence-corrected chi connectivity index (χ3v) is 5.07. The Kier molecular flexibility index (Phi) is 6.50. The number of hydrogen-bond acceptors (Lipinski definition) is 3. The van der Waals surface area contributed by atoms with Crippen molar-refractivity contribution in [3.63, 3.8) is 0 Å². The highest BCUT2D eigenvalue weighted by Gasteiger charge is 2.29. The fraction of sp³-hybridized carbons (Fsp3) is 0.450. The fourth-order valence-electron chi connectivity index (χ4n) is 3.31. The molecule has 7 heteroatoms. The summed E-state index contributed by atoms with van der Waals surface area (Å²) in [7, 11) is 0. The topological polar surface area (TPSA) is 78.1 Å². The lowest BCUT2D eigenvalue weighted by Gasteiger charge is -2.31. The molecule has 0 radical (unpaired) electrons. The molecule has 2 heterocycles. The first-order valence-electron chi connectivity index (χ1n) is 9.47. The zero-order valence-electron chi connectivity index (χ0n) is 15.5. The molecule has 0 bridgehead atoms. The van der Waals surface area contributed by atoms with Gasteiger partial charge in [-0.15, -0.1) is 0 Å². The summed E-state index contributed by atoms with van der Waals surface area (Å²) in [6, 6.07) is 9.08. The summed E-state index contributed by atoms with van der Waals surface area (Å²) >= 11 is 6.03. The van der Waals surface area contributed by atoms with E-state index in [9.17, 15) is 9.59 Å². The molecule has 6 nitrogen and oxygen atoms in total. The van der Waals surface area contributed by atoms with Crippen molar-refractivity contribution in [3.05, 3.63) is 41.0 Å². The van der Waals surface area contributed by atoms with E-state index in [1.807, 2.05) is 18.2 Å². The van der Waals surface area contributed by atoms with Crippen molar-refractivity contribution in [1.82, 2.24) is 20.4 Å². The molecule has 1 aromatic carbocycles. The van der Waals surface area contributed by atoms with Gasteiger partial charge >= 0.3 is 0 Å². The Hall–Kier alpha value is -2.34. The monoisotopic (exact) mass is 388 g/mol. The van der Waals surface area contributed by atoms with Gasteiger partial charge in [0.15, 0.2) is 0 Å². The number of benzene rings is 1. The van der Waals surface area contributed by atoms with Crippen LogP contribution in [0.3, 0.4) is 0 Å². The molecule has 0 saturated carbocycles. The van der Waals surface area contributed by atoms with Crippen LogP contribution in [0.4, 0.5) is 0 Å². The normalized spacial score (nSPS) is 17.0. The van der Waals surface area contributed by atoms with Gasteiger partial charge in [0.05, 0.1) is 11.6 Å². The van der Waals surface area contributed by atoms with Gasteiger partial charge in [0.1, 0.15) is 5.69 Å². The van der Waals surface area contributed by atoms with Crippen LogP contribution in [0, 0.1) is 5.92 Å². The van der Waals surface area contributed by atoms with Crippen molar-refractivity contribution >= 4 is 23.4 Å². The number of unbranched alkanes of at least 4 members (excludes halogenated alkanes) is 1. The van der Waals surface area contributed by atoms with E-state index >= 15 is 0 Å². The predicted octanol–water partition coefficient (Wildman–Crippen LogP) is 3.50. The van der Waals surface area contributed by atoms with E-state index < -0.39 is 0 Å². The molecule has 1 unspecified atom stereocenters. The van der Waals surface area contributed by atoms with Crippen LogP contribution in [0.2, 0.25) is 5.02 Å². The summed E-state index contributed by atoms with van der Waals surface area (Å²) in [6.07, 6.45) is 3.66. The van der Waals surface area contributed by atoms with Crippen molar-refractivity contribution in [2.45, 2.75) is 32.6 Å². The number of H-pyrrole nitrogens is 1. The van der Waals surface area contributed by atoms with Crippen LogP contribution in [0.25, 0.3) is 11.3 Å². The molecule has 1 aliphatic heterocycles. The maximum atomic E-state index is 12.8. The Bertz CT molecular complexity index is 805. The summed E-state index contributed by atoms with van der Waals surface area (Å²) in [4.78, 5) is 26.9. The summed E-state index contributed by atoms with van der Waals surface area (Å²) in [6.45, 7) is 3.89. The van der Waals surface area contributed by atoms with E-state index in [1.165, 1.54) is 0 Å². The second-order valence-corrected chi connectivity index (χ2v) is 7.35. The summed E-state index contributed by atoms with van der Waals surface area (Å²) < 4.78 is 0. The van der Waals surface area contributed by atoms with E-state index in [-0.39, 0.29) is 17.7 Å². The molecule has 1 aromatic heterocycles. The predicted molar refractivity (Wildman–Crippen MR) is 106 cm³/mol. The lowest BCUT2D eigenvalue weighted by Crippen LogP contribution is -2.45. The van der Waals surface area contributed by atoms with E-state index in [4.69, 9.17) is 11.6 Å².